The summed E-state index contributed by atoms with van der Waals surface area (Å²) in [7, 11) is 1.65. The minimum atomic E-state index is 0.719. The van der Waals surface area contributed by atoms with Gasteiger partial charge in [-0.1, -0.05) is 17.7 Å². The lowest BCUT2D eigenvalue weighted by Gasteiger charge is -2.12. The summed E-state index contributed by atoms with van der Waals surface area (Å²) in [5.74, 6) is 1.66. The lowest BCUT2D eigenvalue weighted by atomic mass is 10.1. The molecule has 0 aliphatic carbocycles. The van der Waals surface area contributed by atoms with Crippen molar-refractivity contribution in [1.82, 2.24) is 14.4 Å². The van der Waals surface area contributed by atoms with E-state index in [9.17, 15) is 0 Å². The van der Waals surface area contributed by atoms with Gasteiger partial charge in [-0.25, -0.2) is 4.98 Å². The molecule has 130 valence electrons. The van der Waals surface area contributed by atoms with Gasteiger partial charge in [-0.2, -0.15) is 0 Å². The highest BCUT2D eigenvalue weighted by molar-refractivity contribution is 6.31. The molecular formula is C20H17ClN4O. The second-order valence-electron chi connectivity index (χ2n) is 5.88. The zero-order valence-electron chi connectivity index (χ0n) is 14.4. The van der Waals surface area contributed by atoms with E-state index >= 15 is 0 Å². The molecule has 4 rings (SSSR count). The average Bonchev–Trinajstić information content (AvgIpc) is 3.04. The number of imidazole rings is 1. The van der Waals surface area contributed by atoms with Crippen LogP contribution in [0.15, 0.2) is 61.1 Å². The lowest BCUT2D eigenvalue weighted by molar-refractivity contribution is 0.415. The van der Waals surface area contributed by atoms with Crippen molar-refractivity contribution in [3.8, 4) is 17.0 Å². The van der Waals surface area contributed by atoms with Crippen LogP contribution in [0, 0.1) is 6.92 Å². The molecule has 0 aliphatic rings. The number of halogens is 1. The predicted octanol–water partition coefficient (Wildman–Crippen LogP) is 5.11. The van der Waals surface area contributed by atoms with Gasteiger partial charge in [-0.05, 0) is 48.9 Å². The highest BCUT2D eigenvalue weighted by atomic mass is 35.5. The Morgan fingerprint density at radius 3 is 2.69 bits per heavy atom. The van der Waals surface area contributed by atoms with Gasteiger partial charge in [-0.3, -0.25) is 9.38 Å². The molecule has 0 amide bonds. The molecule has 0 spiro atoms. The molecular weight excluding hydrogens is 348 g/mol. The number of hydrogen-bond donors (Lipinski definition) is 1. The number of nitrogens with zero attached hydrogens (tertiary/aromatic N) is 3. The van der Waals surface area contributed by atoms with Crippen molar-refractivity contribution in [1.29, 1.82) is 0 Å². The van der Waals surface area contributed by atoms with E-state index in [1.807, 2.05) is 60.0 Å². The van der Waals surface area contributed by atoms with E-state index in [0.29, 0.717) is 0 Å². The molecule has 0 saturated heterocycles. The summed E-state index contributed by atoms with van der Waals surface area (Å²) in [6, 6.07) is 13.6. The summed E-state index contributed by atoms with van der Waals surface area (Å²) in [5.41, 5.74) is 4.50. The van der Waals surface area contributed by atoms with Gasteiger partial charge in [0.1, 0.15) is 17.3 Å². The summed E-state index contributed by atoms with van der Waals surface area (Å²) in [6.45, 7) is 1.99. The first-order chi connectivity index (χ1) is 12.7. The Kier molecular flexibility index (Phi) is 4.22. The van der Waals surface area contributed by atoms with Crippen molar-refractivity contribution < 1.29 is 4.74 Å². The topological polar surface area (TPSA) is 51.5 Å². The van der Waals surface area contributed by atoms with Crippen LogP contribution in [-0.4, -0.2) is 21.5 Å². The highest BCUT2D eigenvalue weighted by Gasteiger charge is 2.15. The summed E-state index contributed by atoms with van der Waals surface area (Å²) in [6.07, 6.45) is 5.36. The minimum Gasteiger partial charge on any atom is -0.497 e. The van der Waals surface area contributed by atoms with Crippen molar-refractivity contribution in [2.24, 2.45) is 0 Å². The molecule has 0 saturated carbocycles. The maximum absolute atomic E-state index is 6.28. The molecule has 0 unspecified atom stereocenters. The van der Waals surface area contributed by atoms with Crippen LogP contribution in [-0.2, 0) is 0 Å². The second-order valence-corrected chi connectivity index (χ2v) is 6.29. The summed E-state index contributed by atoms with van der Waals surface area (Å²) >= 11 is 6.28. The Morgan fingerprint density at radius 1 is 1.12 bits per heavy atom. The molecule has 26 heavy (non-hydrogen) atoms. The van der Waals surface area contributed by atoms with Crippen LogP contribution in [0.5, 0.6) is 5.75 Å². The number of anilines is 2. The Morgan fingerprint density at radius 2 is 1.92 bits per heavy atom. The van der Waals surface area contributed by atoms with Gasteiger partial charge < -0.3 is 10.1 Å². The van der Waals surface area contributed by atoms with Gasteiger partial charge in [0.25, 0.3) is 0 Å². The van der Waals surface area contributed by atoms with E-state index in [1.54, 1.807) is 19.5 Å². The van der Waals surface area contributed by atoms with Crippen molar-refractivity contribution >= 4 is 28.8 Å². The molecule has 0 radical (unpaired) electrons. The van der Waals surface area contributed by atoms with Crippen molar-refractivity contribution in [3.63, 3.8) is 0 Å². The SMILES string of the molecule is COc1ccc(-c2nc3cnccn3c2Nc2cccc(Cl)c2C)cc1. The van der Waals surface area contributed by atoms with Crippen molar-refractivity contribution in [2.45, 2.75) is 6.92 Å². The Balaban J connectivity index is 1.87. The molecule has 2 aromatic carbocycles. The largest absolute Gasteiger partial charge is 0.497 e. The smallest absolute Gasteiger partial charge is 0.157 e. The van der Waals surface area contributed by atoms with Gasteiger partial charge in [0.05, 0.1) is 13.3 Å². The first-order valence-corrected chi connectivity index (χ1v) is 8.54. The standard InChI is InChI=1S/C20H17ClN4O/c1-13-16(21)4-3-5-17(13)23-20-19(14-6-8-15(26-2)9-7-14)24-18-12-22-10-11-25(18)20/h3-12,23H,1-2H3. The number of aromatic nitrogens is 3. The number of methoxy groups -OCH3 is 1. The molecule has 5 nitrogen and oxygen atoms in total. The minimum absolute atomic E-state index is 0.719. The second kappa shape index (κ2) is 6.69. The number of benzene rings is 2. The zero-order chi connectivity index (χ0) is 18.1. The van der Waals surface area contributed by atoms with E-state index in [4.69, 9.17) is 21.3 Å². The van der Waals surface area contributed by atoms with Crippen LogP contribution in [0.25, 0.3) is 16.9 Å². The first kappa shape index (κ1) is 16.4. The maximum atomic E-state index is 6.28. The van der Waals surface area contributed by atoms with Crippen LogP contribution >= 0.6 is 11.6 Å². The first-order valence-electron chi connectivity index (χ1n) is 8.16. The van der Waals surface area contributed by atoms with E-state index < -0.39 is 0 Å². The lowest BCUT2D eigenvalue weighted by Crippen LogP contribution is -1.99. The van der Waals surface area contributed by atoms with E-state index in [1.165, 1.54) is 0 Å². The average molecular weight is 365 g/mol. The zero-order valence-corrected chi connectivity index (χ0v) is 15.2. The quantitative estimate of drug-likeness (QED) is 0.546. The number of rotatable bonds is 4. The van der Waals surface area contributed by atoms with Gasteiger partial charge >= 0.3 is 0 Å². The van der Waals surface area contributed by atoms with Crippen molar-refractivity contribution in [2.75, 3.05) is 12.4 Å². The number of fused-ring (bicyclic) bond motifs is 1. The molecule has 0 fully saturated rings. The summed E-state index contributed by atoms with van der Waals surface area (Å²) < 4.78 is 7.23. The van der Waals surface area contributed by atoms with Crippen LogP contribution in [0.4, 0.5) is 11.5 Å². The predicted molar refractivity (Wildman–Crippen MR) is 104 cm³/mol. The molecule has 2 heterocycles. The Bertz CT molecular complexity index is 1070. The third-order valence-electron chi connectivity index (χ3n) is 4.31. The third-order valence-corrected chi connectivity index (χ3v) is 4.72. The maximum Gasteiger partial charge on any atom is 0.157 e. The fourth-order valence-electron chi connectivity index (χ4n) is 2.85. The van der Waals surface area contributed by atoms with Crippen LogP contribution < -0.4 is 10.1 Å². The van der Waals surface area contributed by atoms with E-state index in [2.05, 4.69) is 10.3 Å². The van der Waals surface area contributed by atoms with Gasteiger partial charge in [-0.15, -0.1) is 0 Å². The number of nitrogens with one attached hydrogen (secondary N) is 1. The van der Waals surface area contributed by atoms with Gasteiger partial charge in [0.2, 0.25) is 0 Å². The molecule has 0 atom stereocenters. The molecule has 6 heteroatoms. The normalized spacial score (nSPS) is 10.9. The molecule has 1 N–H and O–H groups in total. The Hall–Kier alpha value is -3.05. The molecule has 2 aromatic heterocycles. The van der Waals surface area contributed by atoms with Gasteiger partial charge in [0, 0.05) is 28.7 Å². The highest BCUT2D eigenvalue weighted by Crippen LogP contribution is 2.33. The monoisotopic (exact) mass is 364 g/mol. The van der Waals surface area contributed by atoms with Crippen LogP contribution in [0.1, 0.15) is 5.56 Å². The number of ether oxygens (including phenoxy) is 1. The van der Waals surface area contributed by atoms with Gasteiger partial charge in [0.15, 0.2) is 5.65 Å². The van der Waals surface area contributed by atoms with E-state index in [0.717, 1.165) is 44.7 Å². The molecule has 4 aromatic rings. The molecule has 0 bridgehead atoms. The number of hydrogen-bond acceptors (Lipinski definition) is 4. The summed E-state index contributed by atoms with van der Waals surface area (Å²) in [5, 5.41) is 4.21. The third kappa shape index (κ3) is 2.86. The fraction of sp³-hybridized carbons (Fsp3) is 0.100. The van der Waals surface area contributed by atoms with E-state index in [-0.39, 0.29) is 0 Å². The van der Waals surface area contributed by atoms with Crippen molar-refractivity contribution in [3.05, 3.63) is 71.6 Å². The molecule has 0 aliphatic heterocycles. The Labute approximate surface area is 156 Å². The summed E-state index contributed by atoms with van der Waals surface area (Å²) in [4.78, 5) is 8.93. The van der Waals surface area contributed by atoms with Crippen LogP contribution in [0.3, 0.4) is 0 Å². The van der Waals surface area contributed by atoms with Crippen LogP contribution in [0.2, 0.25) is 5.02 Å². The fourth-order valence-corrected chi connectivity index (χ4v) is 3.02.